The first-order chi connectivity index (χ1) is 10.9. The Balaban J connectivity index is -0.000000285. The van der Waals surface area contributed by atoms with E-state index in [2.05, 4.69) is 0 Å². The molecule has 0 aromatic rings. The van der Waals surface area contributed by atoms with Crippen molar-refractivity contribution in [3.8, 4) is 0 Å². The van der Waals surface area contributed by atoms with Gasteiger partial charge in [0.25, 0.3) is 0 Å². The first-order valence-electron chi connectivity index (χ1n) is 7.53. The molecule has 0 aliphatic heterocycles. The maximum Gasteiger partial charge on any atom is 0.320 e. The van der Waals surface area contributed by atoms with Crippen LogP contribution in [0.15, 0.2) is 0 Å². The zero-order chi connectivity index (χ0) is 19.9. The lowest BCUT2D eigenvalue weighted by Crippen LogP contribution is -2.34. The summed E-state index contributed by atoms with van der Waals surface area (Å²) in [7, 11) is 0. The standard InChI is InChI=1S/C6H14N2O2.C5H11NO2.C3H7NO2/c7-4-2-1-3-5(8)6(9)10;1-3(2)4(6)5(7)8;1-2(4)3(5)6/h5H,1-4,7-8H2,(H,9,10);3-4H,6H2,1-2H3,(H,7,8);2H,4H2,1H3,(H,5,6)/t5-;4-;2-/m000/s1. The van der Waals surface area contributed by atoms with Gasteiger partial charge in [-0.25, -0.2) is 0 Å². The Bertz CT molecular complexity index is 363. The summed E-state index contributed by atoms with van der Waals surface area (Å²) in [5, 5.41) is 24.4. The van der Waals surface area contributed by atoms with Crippen molar-refractivity contribution in [1.29, 1.82) is 0 Å². The van der Waals surface area contributed by atoms with Crippen LogP contribution in [0.4, 0.5) is 0 Å². The lowest BCUT2D eigenvalue weighted by atomic mass is 10.1. The SMILES string of the molecule is CC(C)[C@H](N)C(=O)O.C[C@H](N)C(=O)O.NCCCC[C@H](N)C(=O)O. The molecule has 24 heavy (non-hydrogen) atoms. The van der Waals surface area contributed by atoms with Crippen LogP contribution in [0.5, 0.6) is 0 Å². The molecule has 0 aliphatic rings. The first kappa shape index (κ1) is 27.1. The average Bonchev–Trinajstić information content (AvgIpc) is 2.47. The first-order valence-corrected chi connectivity index (χ1v) is 7.53. The molecule has 144 valence electrons. The largest absolute Gasteiger partial charge is 0.480 e. The average molecular weight is 352 g/mol. The van der Waals surface area contributed by atoms with E-state index in [0.717, 1.165) is 12.8 Å². The second-order valence-corrected chi connectivity index (χ2v) is 5.46. The monoisotopic (exact) mass is 352 g/mol. The number of hydrogen-bond donors (Lipinski definition) is 7. The zero-order valence-corrected chi connectivity index (χ0v) is 14.5. The Kier molecular flexibility index (Phi) is 18.2. The summed E-state index contributed by atoms with van der Waals surface area (Å²) in [4.78, 5) is 29.7. The molecule has 0 saturated heterocycles. The van der Waals surface area contributed by atoms with Gasteiger partial charge in [0.15, 0.2) is 0 Å². The van der Waals surface area contributed by atoms with Crippen LogP contribution >= 0.6 is 0 Å². The lowest BCUT2D eigenvalue weighted by molar-refractivity contribution is -0.140. The number of unbranched alkanes of at least 4 members (excludes halogenated alkanes) is 1. The van der Waals surface area contributed by atoms with Gasteiger partial charge in [0.2, 0.25) is 0 Å². The van der Waals surface area contributed by atoms with E-state index in [9.17, 15) is 14.4 Å². The van der Waals surface area contributed by atoms with Crippen molar-refractivity contribution in [3.63, 3.8) is 0 Å². The maximum absolute atomic E-state index is 10.1. The minimum Gasteiger partial charge on any atom is -0.480 e. The van der Waals surface area contributed by atoms with Crippen LogP contribution in [0.2, 0.25) is 0 Å². The van der Waals surface area contributed by atoms with Crippen LogP contribution in [-0.2, 0) is 14.4 Å². The van der Waals surface area contributed by atoms with Crippen LogP contribution in [0.1, 0.15) is 40.0 Å². The highest BCUT2D eigenvalue weighted by Crippen LogP contribution is 1.97. The Morgan fingerprint density at radius 1 is 0.833 bits per heavy atom. The van der Waals surface area contributed by atoms with E-state index in [4.69, 9.17) is 38.3 Å². The predicted molar refractivity (Wildman–Crippen MR) is 90.3 cm³/mol. The van der Waals surface area contributed by atoms with E-state index >= 15 is 0 Å². The van der Waals surface area contributed by atoms with Gasteiger partial charge in [-0.1, -0.05) is 20.3 Å². The van der Waals surface area contributed by atoms with Crippen LogP contribution < -0.4 is 22.9 Å². The molecule has 0 amide bonds. The summed E-state index contributed by atoms with van der Waals surface area (Å²) < 4.78 is 0. The lowest BCUT2D eigenvalue weighted by Gasteiger charge is -2.07. The Hall–Kier alpha value is -1.75. The quantitative estimate of drug-likeness (QED) is 0.264. The Labute approximate surface area is 142 Å². The molecule has 0 bridgehead atoms. The van der Waals surface area contributed by atoms with Crippen LogP contribution in [-0.4, -0.2) is 57.9 Å². The minimum atomic E-state index is -0.963. The number of carboxylic acid groups (broad SMARTS) is 3. The molecule has 0 fully saturated rings. The van der Waals surface area contributed by atoms with Crippen LogP contribution in [0, 0.1) is 5.92 Å². The molecule has 0 spiro atoms. The number of carboxylic acids is 3. The molecule has 3 atom stereocenters. The Morgan fingerprint density at radius 2 is 1.25 bits per heavy atom. The summed E-state index contributed by atoms with van der Waals surface area (Å²) in [6.07, 6.45) is 2.16. The topological polar surface area (TPSA) is 216 Å². The molecular weight excluding hydrogens is 320 g/mol. The zero-order valence-electron chi connectivity index (χ0n) is 14.5. The van der Waals surface area contributed by atoms with Gasteiger partial charge in [-0.3, -0.25) is 14.4 Å². The molecule has 0 rings (SSSR count). The molecule has 0 saturated carbocycles. The van der Waals surface area contributed by atoms with Gasteiger partial charge < -0.3 is 38.3 Å². The van der Waals surface area contributed by atoms with E-state index in [-0.39, 0.29) is 5.92 Å². The van der Waals surface area contributed by atoms with E-state index in [1.165, 1.54) is 6.92 Å². The summed E-state index contributed by atoms with van der Waals surface area (Å²) in [5.41, 5.74) is 20.4. The molecule has 0 unspecified atom stereocenters. The third kappa shape index (κ3) is 20.2. The van der Waals surface area contributed by atoms with Gasteiger partial charge >= 0.3 is 17.9 Å². The molecule has 10 nitrogen and oxygen atoms in total. The third-order valence-electron chi connectivity index (χ3n) is 2.68. The highest BCUT2D eigenvalue weighted by Gasteiger charge is 2.14. The third-order valence-corrected chi connectivity index (χ3v) is 2.68. The van der Waals surface area contributed by atoms with Gasteiger partial charge in [-0.15, -0.1) is 0 Å². The Morgan fingerprint density at radius 3 is 1.42 bits per heavy atom. The fourth-order valence-corrected chi connectivity index (χ4v) is 0.917. The van der Waals surface area contributed by atoms with Crippen molar-refractivity contribution in [1.82, 2.24) is 0 Å². The smallest absolute Gasteiger partial charge is 0.320 e. The molecule has 0 aromatic carbocycles. The number of aliphatic carboxylic acids is 3. The fraction of sp³-hybridized carbons (Fsp3) is 0.786. The number of carbonyl (C=O) groups is 3. The van der Waals surface area contributed by atoms with Crippen molar-refractivity contribution in [2.75, 3.05) is 6.54 Å². The van der Waals surface area contributed by atoms with Gasteiger partial charge in [-0.2, -0.15) is 0 Å². The summed E-state index contributed by atoms with van der Waals surface area (Å²) in [6, 6.07) is -2.16. The van der Waals surface area contributed by atoms with Crippen molar-refractivity contribution in [2.45, 2.75) is 58.2 Å². The van der Waals surface area contributed by atoms with Crippen LogP contribution in [0.3, 0.4) is 0 Å². The second-order valence-electron chi connectivity index (χ2n) is 5.46. The van der Waals surface area contributed by atoms with Crippen LogP contribution in [0.25, 0.3) is 0 Å². The maximum atomic E-state index is 10.1. The van der Waals surface area contributed by atoms with Crippen molar-refractivity contribution < 1.29 is 29.7 Å². The number of hydrogen-bond acceptors (Lipinski definition) is 7. The summed E-state index contributed by atoms with van der Waals surface area (Å²) >= 11 is 0. The van der Waals surface area contributed by atoms with E-state index < -0.39 is 36.0 Å². The summed E-state index contributed by atoms with van der Waals surface area (Å²) in [5.74, 6) is -2.81. The normalized spacial score (nSPS) is 13.5. The molecule has 0 aliphatic carbocycles. The number of nitrogens with two attached hydrogens (primary N) is 4. The molecular formula is C14H32N4O6. The van der Waals surface area contributed by atoms with Gasteiger partial charge in [-0.05, 0) is 32.2 Å². The second kappa shape index (κ2) is 16.1. The van der Waals surface area contributed by atoms with E-state index in [0.29, 0.717) is 13.0 Å². The van der Waals surface area contributed by atoms with Gasteiger partial charge in [0.1, 0.15) is 18.1 Å². The molecule has 0 radical (unpaired) electrons. The van der Waals surface area contributed by atoms with Crippen molar-refractivity contribution >= 4 is 17.9 Å². The molecule has 0 aromatic heterocycles. The number of rotatable bonds is 8. The summed E-state index contributed by atoms with van der Waals surface area (Å²) in [6.45, 7) is 5.58. The molecule has 10 heteroatoms. The van der Waals surface area contributed by atoms with E-state index in [1.807, 2.05) is 0 Å². The van der Waals surface area contributed by atoms with Crippen molar-refractivity contribution in [2.24, 2.45) is 28.9 Å². The van der Waals surface area contributed by atoms with Crippen molar-refractivity contribution in [3.05, 3.63) is 0 Å². The fourth-order valence-electron chi connectivity index (χ4n) is 0.917. The predicted octanol–water partition coefficient (Wildman–Crippen LogP) is -1.00. The highest BCUT2D eigenvalue weighted by atomic mass is 16.4. The molecule has 0 heterocycles. The minimum absolute atomic E-state index is 0.0208. The van der Waals surface area contributed by atoms with Gasteiger partial charge in [0.05, 0.1) is 0 Å². The molecule has 11 N–H and O–H groups in total. The van der Waals surface area contributed by atoms with E-state index in [1.54, 1.807) is 13.8 Å². The van der Waals surface area contributed by atoms with Gasteiger partial charge in [0, 0.05) is 0 Å². The highest BCUT2D eigenvalue weighted by molar-refractivity contribution is 5.73.